The Kier molecular flexibility index (Phi) is 9.05. The molecule has 1 saturated heterocycles. The quantitative estimate of drug-likeness (QED) is 0.209. The summed E-state index contributed by atoms with van der Waals surface area (Å²) >= 11 is 0. The first-order valence-corrected chi connectivity index (χ1v) is 16.1. The number of carbonyl (C=O) groups excluding carboxylic acids is 2. The average Bonchev–Trinajstić information content (AvgIpc) is 3.54. The molecule has 3 aromatic carbocycles. The fraction of sp³-hybridized carbons (Fsp3) is 0.290. The van der Waals surface area contributed by atoms with Crippen LogP contribution >= 0.6 is 0 Å². The fourth-order valence-corrected chi connectivity index (χ4v) is 6.61. The number of ether oxygens (including phenoxy) is 3. The van der Waals surface area contributed by atoms with E-state index in [1.165, 1.54) is 51.7 Å². The minimum atomic E-state index is -3.73. The summed E-state index contributed by atoms with van der Waals surface area (Å²) in [6, 6.07) is 12.3. The van der Waals surface area contributed by atoms with Gasteiger partial charge in [0.25, 0.3) is 11.1 Å². The Balaban J connectivity index is 1.60. The summed E-state index contributed by atoms with van der Waals surface area (Å²) in [4.78, 5) is 52.9. The Morgan fingerprint density at radius 1 is 0.891 bits per heavy atom. The molecule has 2 heterocycles. The molecule has 2 atom stereocenters. The minimum absolute atomic E-state index is 0.0298. The van der Waals surface area contributed by atoms with Gasteiger partial charge in [-0.15, -0.1) is 0 Å². The number of hydrogen-bond acceptors (Lipinski definition) is 10. The first kappa shape index (κ1) is 32.1. The first-order chi connectivity index (χ1) is 21.9. The lowest BCUT2D eigenvalue weighted by Crippen LogP contribution is -2.38. The second-order valence-electron chi connectivity index (χ2n) is 10.7. The Bertz CT molecular complexity index is 2040. The third-order valence-corrected chi connectivity index (χ3v) is 9.00. The van der Waals surface area contributed by atoms with Gasteiger partial charge in [0, 0.05) is 24.2 Å². The number of carbonyl (C=O) groups is 2. The van der Waals surface area contributed by atoms with Crippen LogP contribution in [0.1, 0.15) is 36.1 Å². The van der Waals surface area contributed by atoms with Crippen molar-refractivity contribution in [3.8, 4) is 11.5 Å². The minimum Gasteiger partial charge on any atom is -0.493 e. The molecule has 0 bridgehead atoms. The molecule has 1 aromatic heterocycles. The normalized spacial score (nSPS) is 15.3. The van der Waals surface area contributed by atoms with Gasteiger partial charge in [-0.3, -0.25) is 29.9 Å². The van der Waals surface area contributed by atoms with E-state index >= 15 is 0 Å². The zero-order valence-corrected chi connectivity index (χ0v) is 26.3. The van der Waals surface area contributed by atoms with Gasteiger partial charge >= 0.3 is 6.09 Å². The van der Waals surface area contributed by atoms with E-state index in [2.05, 4.69) is 25.6 Å². The monoisotopic (exact) mass is 651 g/mol. The van der Waals surface area contributed by atoms with Crippen LogP contribution in [0.2, 0.25) is 0 Å². The number of hydrogen-bond donors (Lipinski definition) is 4. The highest BCUT2D eigenvalue weighted by atomic mass is 32.2. The summed E-state index contributed by atoms with van der Waals surface area (Å²) in [7, 11) is 0.446. The third-order valence-electron chi connectivity index (χ3n) is 7.83. The van der Waals surface area contributed by atoms with Crippen LogP contribution in [0.3, 0.4) is 0 Å². The maximum atomic E-state index is 14.6. The standard InChI is InChI=1S/C31H33N5O9S/c1-43-24-11-7-17(14-25(24)44-2)27(32-18-8-10-20-21(15-18)29(38)35-34-28(20)37)30(39)36-13-5-6-23(36)22-16-19(33-31(40)45-3)9-12-26(22)46(4,41)42/h7-12,14-16,23,27,32H,5-6,13H2,1-4H3,(H,33,40)(H,34,37)(H,35,38)/t23-,27-/m1/s1. The predicted octanol–water partition coefficient (Wildman–Crippen LogP) is 3.33. The van der Waals surface area contributed by atoms with Gasteiger partial charge in [-0.2, -0.15) is 0 Å². The van der Waals surface area contributed by atoms with Crippen LogP contribution in [0.25, 0.3) is 10.8 Å². The number of aromatic nitrogens is 2. The summed E-state index contributed by atoms with van der Waals surface area (Å²) in [5.41, 5.74) is 0.551. The predicted molar refractivity (Wildman–Crippen MR) is 170 cm³/mol. The molecule has 15 heteroatoms. The molecular weight excluding hydrogens is 618 g/mol. The summed E-state index contributed by atoms with van der Waals surface area (Å²) in [5, 5.41) is 10.7. The highest BCUT2D eigenvalue weighted by Gasteiger charge is 2.37. The molecular formula is C31H33N5O9S. The number of benzene rings is 3. The molecule has 0 aliphatic carbocycles. The van der Waals surface area contributed by atoms with E-state index < -0.39 is 39.1 Å². The van der Waals surface area contributed by atoms with Crippen LogP contribution in [-0.2, 0) is 19.4 Å². The molecule has 4 N–H and O–H groups in total. The molecule has 46 heavy (non-hydrogen) atoms. The number of anilines is 2. The van der Waals surface area contributed by atoms with Crippen molar-refractivity contribution in [2.24, 2.45) is 0 Å². The van der Waals surface area contributed by atoms with E-state index in [4.69, 9.17) is 9.47 Å². The molecule has 4 aromatic rings. The lowest BCUT2D eigenvalue weighted by molar-refractivity contribution is -0.133. The van der Waals surface area contributed by atoms with Crippen molar-refractivity contribution in [1.82, 2.24) is 15.1 Å². The van der Waals surface area contributed by atoms with Gasteiger partial charge in [0.1, 0.15) is 6.04 Å². The molecule has 5 rings (SSSR count). The molecule has 0 radical (unpaired) electrons. The Morgan fingerprint density at radius 3 is 2.26 bits per heavy atom. The van der Waals surface area contributed by atoms with Gasteiger partial charge in [-0.1, -0.05) is 6.07 Å². The van der Waals surface area contributed by atoms with Crippen molar-refractivity contribution in [1.29, 1.82) is 0 Å². The summed E-state index contributed by atoms with van der Waals surface area (Å²) in [6.45, 7) is 0.319. The van der Waals surface area contributed by atoms with Crippen LogP contribution in [0.5, 0.6) is 11.5 Å². The molecule has 0 unspecified atom stereocenters. The second-order valence-corrected chi connectivity index (χ2v) is 12.7. The first-order valence-electron chi connectivity index (χ1n) is 14.2. The third kappa shape index (κ3) is 6.40. The molecule has 14 nitrogen and oxygen atoms in total. The van der Waals surface area contributed by atoms with Gasteiger partial charge in [0.15, 0.2) is 21.3 Å². The number of fused-ring (bicyclic) bond motifs is 1. The van der Waals surface area contributed by atoms with Crippen LogP contribution in [-0.4, -0.2) is 69.6 Å². The highest BCUT2D eigenvalue weighted by molar-refractivity contribution is 7.90. The number of nitrogens with one attached hydrogen (secondary N) is 4. The van der Waals surface area contributed by atoms with Gasteiger partial charge in [0.2, 0.25) is 5.91 Å². The average molecular weight is 652 g/mol. The van der Waals surface area contributed by atoms with Gasteiger partial charge in [0.05, 0.1) is 43.0 Å². The van der Waals surface area contributed by atoms with Crippen LogP contribution < -0.4 is 31.2 Å². The Hall–Kier alpha value is -5.31. The van der Waals surface area contributed by atoms with Crippen LogP contribution in [0.15, 0.2) is 69.1 Å². The number of methoxy groups -OCH3 is 3. The van der Waals surface area contributed by atoms with Crippen molar-refractivity contribution < 1.29 is 32.2 Å². The number of likely N-dealkylation sites (tertiary alicyclic amines) is 1. The molecule has 1 fully saturated rings. The largest absolute Gasteiger partial charge is 0.493 e. The van der Waals surface area contributed by atoms with Crippen molar-refractivity contribution in [3.05, 3.63) is 86.4 Å². The SMILES string of the molecule is COC(=O)Nc1ccc(S(C)(=O)=O)c([C@H]2CCCN2C(=O)[C@H](Nc2ccc3c(=O)[nH][nH]c(=O)c3c2)c2ccc(OC)c(OC)c2)c1. The van der Waals surface area contributed by atoms with Gasteiger partial charge in [-0.05, 0) is 72.5 Å². The lowest BCUT2D eigenvalue weighted by atomic mass is 10.0. The highest BCUT2D eigenvalue weighted by Crippen LogP contribution is 2.40. The van der Waals surface area contributed by atoms with Crippen molar-refractivity contribution in [2.45, 2.75) is 29.8 Å². The smallest absolute Gasteiger partial charge is 0.411 e. The van der Waals surface area contributed by atoms with E-state index in [0.29, 0.717) is 53.4 Å². The number of aromatic amines is 2. The second kappa shape index (κ2) is 13.0. The zero-order valence-electron chi connectivity index (χ0n) is 25.5. The maximum absolute atomic E-state index is 14.6. The number of amides is 2. The molecule has 242 valence electrons. The Labute approximate surface area is 263 Å². The summed E-state index contributed by atoms with van der Waals surface area (Å²) in [6.07, 6.45) is 1.40. The van der Waals surface area contributed by atoms with E-state index in [1.54, 1.807) is 29.2 Å². The molecule has 2 amide bonds. The maximum Gasteiger partial charge on any atom is 0.411 e. The fourth-order valence-electron chi connectivity index (χ4n) is 5.67. The van der Waals surface area contributed by atoms with Crippen molar-refractivity contribution >= 4 is 44.0 Å². The summed E-state index contributed by atoms with van der Waals surface area (Å²) in [5.74, 6) is 0.432. The number of sulfone groups is 1. The van der Waals surface area contributed by atoms with Gasteiger partial charge < -0.3 is 24.4 Å². The number of nitrogens with zero attached hydrogens (tertiary/aromatic N) is 1. The molecule has 0 saturated carbocycles. The van der Waals surface area contributed by atoms with Crippen molar-refractivity contribution in [3.63, 3.8) is 0 Å². The summed E-state index contributed by atoms with van der Waals surface area (Å²) < 4.78 is 41.3. The van der Waals surface area contributed by atoms with E-state index in [-0.39, 0.29) is 21.6 Å². The zero-order chi connectivity index (χ0) is 33.2. The van der Waals surface area contributed by atoms with Crippen molar-refractivity contribution in [2.75, 3.05) is 44.8 Å². The van der Waals surface area contributed by atoms with E-state index in [1.807, 2.05) is 0 Å². The molecule has 1 aliphatic heterocycles. The number of rotatable bonds is 9. The van der Waals surface area contributed by atoms with Crippen LogP contribution in [0, 0.1) is 0 Å². The number of H-pyrrole nitrogens is 2. The molecule has 0 spiro atoms. The van der Waals surface area contributed by atoms with E-state index in [0.717, 1.165) is 6.26 Å². The lowest BCUT2D eigenvalue weighted by Gasteiger charge is -2.31. The van der Waals surface area contributed by atoms with E-state index in [9.17, 15) is 27.6 Å². The van der Waals surface area contributed by atoms with Crippen LogP contribution in [0.4, 0.5) is 16.2 Å². The van der Waals surface area contributed by atoms with Gasteiger partial charge in [-0.25, -0.2) is 13.2 Å². The Morgan fingerprint density at radius 2 is 1.59 bits per heavy atom. The topological polar surface area (TPSA) is 189 Å². The molecule has 1 aliphatic rings.